The van der Waals surface area contributed by atoms with Crippen molar-refractivity contribution in [3.05, 3.63) is 63.4 Å². The van der Waals surface area contributed by atoms with Crippen LogP contribution in [-0.4, -0.2) is 18.1 Å². The molecule has 1 aromatic heterocycles. The third-order valence-electron chi connectivity index (χ3n) is 3.35. The van der Waals surface area contributed by atoms with Gasteiger partial charge in [0.2, 0.25) is 0 Å². The summed E-state index contributed by atoms with van der Waals surface area (Å²) >= 11 is 2.22. The second kappa shape index (κ2) is 6.39. The van der Waals surface area contributed by atoms with Crippen LogP contribution >= 0.6 is 22.6 Å². The molecule has 0 spiro atoms. The summed E-state index contributed by atoms with van der Waals surface area (Å²) in [7, 11) is 1.37. The van der Waals surface area contributed by atoms with E-state index in [1.165, 1.54) is 7.11 Å². The summed E-state index contributed by atoms with van der Waals surface area (Å²) in [6.07, 6.45) is 0. The average Bonchev–Trinajstić information content (AvgIpc) is 3.01. The van der Waals surface area contributed by atoms with Gasteiger partial charge in [-0.05, 0) is 46.4 Å². The largest absolute Gasteiger partial charge is 0.488 e. The predicted octanol–water partition coefficient (Wildman–Crippen LogP) is 4.14. The number of methoxy groups -OCH3 is 1. The van der Waals surface area contributed by atoms with Crippen LogP contribution in [0.2, 0.25) is 0 Å². The van der Waals surface area contributed by atoms with Crippen molar-refractivity contribution in [1.82, 2.24) is 4.98 Å². The number of benzene rings is 2. The number of carbonyl (C=O) groups is 1. The Hall–Kier alpha value is -2.02. The summed E-state index contributed by atoms with van der Waals surface area (Å²) in [5, 5.41) is 0.878. The second-order valence-electron chi connectivity index (χ2n) is 4.78. The Bertz CT molecular complexity index is 811. The van der Waals surface area contributed by atoms with E-state index in [0.717, 1.165) is 25.8 Å². The number of carbonyl (C=O) groups excluding carboxylic acids is 1. The van der Waals surface area contributed by atoms with Crippen LogP contribution in [0.1, 0.15) is 16.1 Å². The molecule has 0 bridgehead atoms. The minimum Gasteiger partial charge on any atom is -0.488 e. The van der Waals surface area contributed by atoms with E-state index in [4.69, 9.17) is 9.47 Å². The molecule has 0 saturated carbocycles. The highest BCUT2D eigenvalue weighted by Gasteiger charge is 2.14. The fraction of sp³-hybridized carbons (Fsp3) is 0.118. The molecule has 0 fully saturated rings. The molecule has 0 atom stereocenters. The van der Waals surface area contributed by atoms with Crippen LogP contribution in [0.15, 0.2) is 48.5 Å². The van der Waals surface area contributed by atoms with Crippen molar-refractivity contribution in [1.29, 1.82) is 0 Å². The number of fused-ring (bicyclic) bond motifs is 1. The highest BCUT2D eigenvalue weighted by Crippen LogP contribution is 2.31. The number of halogens is 1. The van der Waals surface area contributed by atoms with Gasteiger partial charge < -0.3 is 14.5 Å². The van der Waals surface area contributed by atoms with Gasteiger partial charge in [-0.3, -0.25) is 0 Å². The Morgan fingerprint density at radius 1 is 1.18 bits per heavy atom. The summed E-state index contributed by atoms with van der Waals surface area (Å²) in [4.78, 5) is 14.8. The van der Waals surface area contributed by atoms with E-state index in [9.17, 15) is 4.79 Å². The van der Waals surface area contributed by atoms with Crippen LogP contribution in [0, 0.1) is 3.57 Å². The minimum atomic E-state index is -0.388. The molecule has 22 heavy (non-hydrogen) atoms. The number of nitrogens with one attached hydrogen (secondary N) is 1. The van der Waals surface area contributed by atoms with Crippen LogP contribution in [0.5, 0.6) is 5.75 Å². The summed E-state index contributed by atoms with van der Waals surface area (Å²) in [6.45, 7) is 0.481. The summed E-state index contributed by atoms with van der Waals surface area (Å²) in [5.41, 5.74) is 2.40. The number of aromatic nitrogens is 1. The molecule has 5 heteroatoms. The molecule has 0 saturated heterocycles. The van der Waals surface area contributed by atoms with Crippen molar-refractivity contribution in [2.75, 3.05) is 7.11 Å². The Labute approximate surface area is 141 Å². The molecule has 2 aromatic carbocycles. The molecular weight excluding hydrogens is 393 g/mol. The number of hydrogen-bond acceptors (Lipinski definition) is 3. The molecule has 0 unspecified atom stereocenters. The molecule has 3 aromatic rings. The third-order valence-corrected chi connectivity index (χ3v) is 4.24. The number of aromatic amines is 1. The zero-order valence-electron chi connectivity index (χ0n) is 11.9. The lowest BCUT2D eigenvalue weighted by Gasteiger charge is -2.08. The lowest BCUT2D eigenvalue weighted by Crippen LogP contribution is -2.00. The van der Waals surface area contributed by atoms with Crippen LogP contribution in [0.3, 0.4) is 0 Å². The second-order valence-corrected chi connectivity index (χ2v) is 5.95. The quantitative estimate of drug-likeness (QED) is 0.523. The maximum atomic E-state index is 11.7. The van der Waals surface area contributed by atoms with Gasteiger partial charge >= 0.3 is 5.97 Å². The van der Waals surface area contributed by atoms with E-state index in [-0.39, 0.29) is 5.97 Å². The Balaban J connectivity index is 1.94. The molecule has 4 nitrogen and oxygen atoms in total. The Morgan fingerprint density at radius 3 is 2.68 bits per heavy atom. The molecule has 0 radical (unpaired) electrons. The van der Waals surface area contributed by atoms with Crippen molar-refractivity contribution < 1.29 is 14.3 Å². The normalized spacial score (nSPS) is 10.6. The zero-order chi connectivity index (χ0) is 15.5. The summed E-state index contributed by atoms with van der Waals surface area (Å²) in [5.74, 6) is 0.353. The highest BCUT2D eigenvalue weighted by atomic mass is 127. The number of rotatable bonds is 4. The van der Waals surface area contributed by atoms with Crippen LogP contribution in [0.25, 0.3) is 10.9 Å². The molecule has 0 aliphatic carbocycles. The smallest absolute Gasteiger partial charge is 0.354 e. The molecule has 0 aliphatic rings. The van der Waals surface area contributed by atoms with Crippen molar-refractivity contribution in [3.8, 4) is 5.75 Å². The predicted molar refractivity (Wildman–Crippen MR) is 93.1 cm³/mol. The fourth-order valence-electron chi connectivity index (χ4n) is 2.24. The van der Waals surface area contributed by atoms with E-state index in [2.05, 4.69) is 27.6 Å². The highest BCUT2D eigenvalue weighted by molar-refractivity contribution is 14.1. The standard InChI is InChI=1S/C17H14INO3/c1-21-17(20)14-9-12-15(8-7-13(18)16(12)19-14)22-10-11-5-3-2-4-6-11/h2-9,19H,10H2,1H3. The fourth-order valence-corrected chi connectivity index (χ4v) is 2.85. The van der Waals surface area contributed by atoms with Gasteiger partial charge in [0.1, 0.15) is 18.1 Å². The first-order valence-corrected chi connectivity index (χ1v) is 7.83. The number of hydrogen-bond donors (Lipinski definition) is 1. The molecule has 3 rings (SSSR count). The summed E-state index contributed by atoms with van der Waals surface area (Å²) < 4.78 is 11.7. The van der Waals surface area contributed by atoms with Gasteiger partial charge in [-0.15, -0.1) is 0 Å². The SMILES string of the molecule is COC(=O)c1cc2c(OCc3ccccc3)ccc(I)c2[nH]1. The van der Waals surface area contributed by atoms with Gasteiger partial charge in [0.15, 0.2) is 0 Å². The number of H-pyrrole nitrogens is 1. The van der Waals surface area contributed by atoms with E-state index in [1.54, 1.807) is 6.07 Å². The van der Waals surface area contributed by atoms with E-state index in [1.807, 2.05) is 42.5 Å². The first-order valence-electron chi connectivity index (χ1n) is 6.75. The van der Waals surface area contributed by atoms with E-state index < -0.39 is 0 Å². The van der Waals surface area contributed by atoms with Gasteiger partial charge in [-0.2, -0.15) is 0 Å². The number of esters is 1. The first-order chi connectivity index (χ1) is 10.7. The molecule has 0 amide bonds. The molecular formula is C17H14INO3. The maximum Gasteiger partial charge on any atom is 0.354 e. The van der Waals surface area contributed by atoms with Crippen LogP contribution < -0.4 is 4.74 Å². The Morgan fingerprint density at radius 2 is 1.95 bits per heavy atom. The zero-order valence-corrected chi connectivity index (χ0v) is 14.1. The topological polar surface area (TPSA) is 51.3 Å². The monoisotopic (exact) mass is 407 g/mol. The van der Waals surface area contributed by atoms with E-state index in [0.29, 0.717) is 12.3 Å². The van der Waals surface area contributed by atoms with Crippen LogP contribution in [0.4, 0.5) is 0 Å². The van der Waals surface area contributed by atoms with Gasteiger partial charge in [-0.1, -0.05) is 30.3 Å². The molecule has 1 N–H and O–H groups in total. The van der Waals surface area contributed by atoms with Gasteiger partial charge in [0, 0.05) is 8.96 Å². The van der Waals surface area contributed by atoms with Crippen molar-refractivity contribution in [2.24, 2.45) is 0 Å². The van der Waals surface area contributed by atoms with Gasteiger partial charge in [0.05, 0.1) is 12.6 Å². The summed E-state index contributed by atoms with van der Waals surface area (Å²) in [6, 6.07) is 15.6. The molecule has 1 heterocycles. The van der Waals surface area contributed by atoms with Gasteiger partial charge in [0.25, 0.3) is 0 Å². The molecule has 0 aliphatic heterocycles. The maximum absolute atomic E-state index is 11.7. The van der Waals surface area contributed by atoms with Crippen molar-refractivity contribution in [2.45, 2.75) is 6.61 Å². The first kappa shape index (κ1) is 14.9. The van der Waals surface area contributed by atoms with Crippen LogP contribution in [-0.2, 0) is 11.3 Å². The lowest BCUT2D eigenvalue weighted by atomic mass is 10.2. The van der Waals surface area contributed by atoms with Gasteiger partial charge in [-0.25, -0.2) is 4.79 Å². The minimum absolute atomic E-state index is 0.388. The Kier molecular flexibility index (Phi) is 4.33. The lowest BCUT2D eigenvalue weighted by molar-refractivity contribution is 0.0595. The van der Waals surface area contributed by atoms with Crippen molar-refractivity contribution in [3.63, 3.8) is 0 Å². The number of ether oxygens (including phenoxy) is 2. The van der Waals surface area contributed by atoms with E-state index >= 15 is 0 Å². The third kappa shape index (κ3) is 2.94. The molecule has 112 valence electrons. The van der Waals surface area contributed by atoms with Crippen molar-refractivity contribution >= 4 is 39.5 Å². The average molecular weight is 407 g/mol.